The lowest BCUT2D eigenvalue weighted by molar-refractivity contribution is -0.0114. The lowest BCUT2D eigenvalue weighted by Gasteiger charge is -2.12. The predicted octanol–water partition coefficient (Wildman–Crippen LogP) is 0.968. The van der Waals surface area contributed by atoms with E-state index in [-0.39, 0.29) is 19.2 Å². The lowest BCUT2D eigenvalue weighted by Crippen LogP contribution is -2.15. The van der Waals surface area contributed by atoms with Gasteiger partial charge in [0.2, 0.25) is 0 Å². The smallest absolute Gasteiger partial charge is 0.338 e. The molecule has 0 fully saturated rings. The van der Waals surface area contributed by atoms with Crippen molar-refractivity contribution in [3.05, 3.63) is 29.8 Å². The van der Waals surface area contributed by atoms with E-state index in [0.717, 1.165) is 5.69 Å². The van der Waals surface area contributed by atoms with Crippen LogP contribution in [-0.2, 0) is 23.7 Å². The summed E-state index contributed by atoms with van der Waals surface area (Å²) < 4.78 is 26.2. The number of hydrogen-bond donors (Lipinski definition) is 1. The number of rotatable bonds is 16. The molecule has 0 saturated heterocycles. The number of carbonyl (C=O) groups excluding carboxylic acids is 1. The maximum atomic E-state index is 11.9. The van der Waals surface area contributed by atoms with Crippen LogP contribution in [0, 0.1) is 0 Å². The molecule has 0 unspecified atom stereocenters. The van der Waals surface area contributed by atoms with Crippen LogP contribution in [0.2, 0.25) is 0 Å². The molecule has 1 N–H and O–H groups in total. The van der Waals surface area contributed by atoms with Crippen molar-refractivity contribution in [3.63, 3.8) is 0 Å². The molecular formula is C19H31NO7. The van der Waals surface area contributed by atoms with E-state index in [9.17, 15) is 4.79 Å². The fourth-order valence-corrected chi connectivity index (χ4v) is 2.00. The summed E-state index contributed by atoms with van der Waals surface area (Å²) in [7, 11) is 3.88. The monoisotopic (exact) mass is 385 g/mol. The molecular weight excluding hydrogens is 354 g/mol. The van der Waals surface area contributed by atoms with Crippen molar-refractivity contribution < 1.29 is 33.6 Å². The third-order valence-corrected chi connectivity index (χ3v) is 3.43. The number of anilines is 1. The zero-order chi connectivity index (χ0) is 19.7. The van der Waals surface area contributed by atoms with Gasteiger partial charge in [-0.25, -0.2) is 4.79 Å². The Hall–Kier alpha value is -1.71. The standard InChI is InChI=1S/C19H31NO7/c1-20(2)18-5-3-17(4-6-18)19(22)27-16-15-26-14-13-25-12-11-24-10-9-23-8-7-21/h3-6,21H,7-16H2,1-2H3. The van der Waals surface area contributed by atoms with Gasteiger partial charge in [-0.2, -0.15) is 0 Å². The molecule has 1 aromatic rings. The summed E-state index contributed by atoms with van der Waals surface area (Å²) in [6.45, 7) is 3.63. The van der Waals surface area contributed by atoms with Gasteiger partial charge in [-0.15, -0.1) is 0 Å². The van der Waals surface area contributed by atoms with Crippen LogP contribution < -0.4 is 4.90 Å². The van der Waals surface area contributed by atoms with Crippen LogP contribution >= 0.6 is 0 Å². The Bertz CT molecular complexity index is 493. The third kappa shape index (κ3) is 11.6. The molecule has 0 amide bonds. The average molecular weight is 385 g/mol. The second-order valence-corrected chi connectivity index (χ2v) is 5.75. The first kappa shape index (κ1) is 23.3. The van der Waals surface area contributed by atoms with Crippen LogP contribution in [0.5, 0.6) is 0 Å². The molecule has 1 aromatic carbocycles. The van der Waals surface area contributed by atoms with Crippen molar-refractivity contribution in [2.45, 2.75) is 0 Å². The number of esters is 1. The minimum absolute atomic E-state index is 0.0200. The molecule has 0 bridgehead atoms. The van der Waals surface area contributed by atoms with Crippen molar-refractivity contribution in [1.82, 2.24) is 0 Å². The summed E-state index contributed by atoms with van der Waals surface area (Å²) >= 11 is 0. The molecule has 0 radical (unpaired) electrons. The first-order chi connectivity index (χ1) is 13.1. The van der Waals surface area contributed by atoms with Gasteiger partial charge in [-0.05, 0) is 24.3 Å². The number of benzene rings is 1. The summed E-state index contributed by atoms with van der Waals surface area (Å²) in [6.07, 6.45) is 0. The van der Waals surface area contributed by atoms with Crippen molar-refractivity contribution in [2.24, 2.45) is 0 Å². The van der Waals surface area contributed by atoms with Gasteiger partial charge >= 0.3 is 5.97 Å². The second-order valence-electron chi connectivity index (χ2n) is 5.75. The van der Waals surface area contributed by atoms with E-state index in [1.165, 1.54) is 0 Å². The van der Waals surface area contributed by atoms with Gasteiger partial charge in [0.05, 0.1) is 65.0 Å². The summed E-state index contributed by atoms with van der Waals surface area (Å²) in [5, 5.41) is 8.52. The molecule has 0 aliphatic rings. The first-order valence-electron chi connectivity index (χ1n) is 9.01. The van der Waals surface area contributed by atoms with Gasteiger partial charge in [-0.1, -0.05) is 0 Å². The molecule has 8 nitrogen and oxygen atoms in total. The molecule has 1 rings (SSSR count). The van der Waals surface area contributed by atoms with Crippen LogP contribution in [-0.4, -0.2) is 91.2 Å². The fraction of sp³-hybridized carbons (Fsp3) is 0.632. The van der Waals surface area contributed by atoms with E-state index in [0.29, 0.717) is 58.4 Å². The maximum absolute atomic E-state index is 11.9. The largest absolute Gasteiger partial charge is 0.460 e. The Labute approximate surface area is 160 Å². The Kier molecular flexibility index (Phi) is 13.3. The first-order valence-corrected chi connectivity index (χ1v) is 9.01. The van der Waals surface area contributed by atoms with Crippen molar-refractivity contribution in [2.75, 3.05) is 85.1 Å². The summed E-state index contributed by atoms with van der Waals surface area (Å²) in [4.78, 5) is 13.9. The molecule has 154 valence electrons. The minimum Gasteiger partial charge on any atom is -0.460 e. The predicted molar refractivity (Wildman–Crippen MR) is 101 cm³/mol. The van der Waals surface area contributed by atoms with Crippen LogP contribution in [0.25, 0.3) is 0 Å². The van der Waals surface area contributed by atoms with E-state index in [4.69, 9.17) is 28.8 Å². The number of hydrogen-bond acceptors (Lipinski definition) is 8. The van der Waals surface area contributed by atoms with E-state index in [1.54, 1.807) is 12.1 Å². The average Bonchev–Trinajstić information content (AvgIpc) is 2.68. The molecule has 0 spiro atoms. The molecule has 0 aromatic heterocycles. The lowest BCUT2D eigenvalue weighted by atomic mass is 10.2. The van der Waals surface area contributed by atoms with Crippen molar-refractivity contribution >= 4 is 11.7 Å². The molecule has 27 heavy (non-hydrogen) atoms. The number of nitrogens with zero attached hydrogens (tertiary/aromatic N) is 1. The van der Waals surface area contributed by atoms with E-state index < -0.39 is 0 Å². The molecule has 0 heterocycles. The highest BCUT2D eigenvalue weighted by atomic mass is 16.6. The normalized spacial score (nSPS) is 10.8. The molecule has 0 aliphatic heterocycles. The van der Waals surface area contributed by atoms with Gasteiger partial charge in [0, 0.05) is 19.8 Å². The highest BCUT2D eigenvalue weighted by Crippen LogP contribution is 2.12. The van der Waals surface area contributed by atoms with E-state index >= 15 is 0 Å². The van der Waals surface area contributed by atoms with Crippen LogP contribution in [0.4, 0.5) is 5.69 Å². The SMILES string of the molecule is CN(C)c1ccc(C(=O)OCCOCCOCCOCCOCCO)cc1. The van der Waals surface area contributed by atoms with Crippen LogP contribution in [0.1, 0.15) is 10.4 Å². The zero-order valence-electron chi connectivity index (χ0n) is 16.2. The number of ether oxygens (including phenoxy) is 5. The second kappa shape index (κ2) is 15.4. The highest BCUT2D eigenvalue weighted by Gasteiger charge is 2.07. The minimum atomic E-state index is -0.361. The fourth-order valence-electron chi connectivity index (χ4n) is 2.00. The number of carbonyl (C=O) groups is 1. The number of aliphatic hydroxyl groups excluding tert-OH is 1. The zero-order valence-corrected chi connectivity index (χ0v) is 16.2. The Balaban J connectivity index is 1.91. The van der Waals surface area contributed by atoms with Crippen molar-refractivity contribution in [1.29, 1.82) is 0 Å². The molecule has 0 saturated carbocycles. The maximum Gasteiger partial charge on any atom is 0.338 e. The Morgan fingerprint density at radius 2 is 1.22 bits per heavy atom. The van der Waals surface area contributed by atoms with Crippen molar-refractivity contribution in [3.8, 4) is 0 Å². The molecule has 0 aliphatic carbocycles. The topological polar surface area (TPSA) is 86.7 Å². The summed E-state index contributed by atoms with van der Waals surface area (Å²) in [5.41, 5.74) is 1.54. The molecule has 8 heteroatoms. The van der Waals surface area contributed by atoms with Gasteiger partial charge in [0.25, 0.3) is 0 Å². The highest BCUT2D eigenvalue weighted by molar-refractivity contribution is 5.89. The van der Waals surface area contributed by atoms with Gasteiger partial charge in [-0.3, -0.25) is 0 Å². The molecule has 0 atom stereocenters. The Morgan fingerprint density at radius 3 is 1.67 bits per heavy atom. The number of aliphatic hydroxyl groups is 1. The van der Waals surface area contributed by atoms with Crippen LogP contribution in [0.3, 0.4) is 0 Å². The van der Waals surface area contributed by atoms with Gasteiger partial charge in [0.1, 0.15) is 6.61 Å². The van der Waals surface area contributed by atoms with Gasteiger partial charge in [0.15, 0.2) is 0 Å². The third-order valence-electron chi connectivity index (χ3n) is 3.43. The summed E-state index contributed by atoms with van der Waals surface area (Å²) in [6, 6.07) is 7.23. The van der Waals surface area contributed by atoms with Gasteiger partial charge < -0.3 is 33.7 Å². The van der Waals surface area contributed by atoms with E-state index in [1.807, 2.05) is 31.1 Å². The van der Waals surface area contributed by atoms with Crippen LogP contribution in [0.15, 0.2) is 24.3 Å². The summed E-state index contributed by atoms with van der Waals surface area (Å²) in [5.74, 6) is -0.361. The van der Waals surface area contributed by atoms with E-state index in [2.05, 4.69) is 0 Å². The Morgan fingerprint density at radius 1 is 0.778 bits per heavy atom. The quantitative estimate of drug-likeness (QED) is 0.333.